The van der Waals surface area contributed by atoms with Gasteiger partial charge in [0.2, 0.25) is 0 Å². The number of hydrogen-bond donors (Lipinski definition) is 0. The second-order valence-corrected chi connectivity index (χ2v) is 6.21. The van der Waals surface area contributed by atoms with Gasteiger partial charge in [-0.3, -0.25) is 0 Å². The minimum absolute atomic E-state index is 0.192. The van der Waals surface area contributed by atoms with Gasteiger partial charge in [0.15, 0.2) is 0 Å². The second kappa shape index (κ2) is 4.11. The maximum absolute atomic E-state index is 13.0. The van der Waals surface area contributed by atoms with E-state index in [1.807, 2.05) is 49.4 Å². The van der Waals surface area contributed by atoms with E-state index in [1.165, 1.54) is 0 Å². The molecule has 2 nitrogen and oxygen atoms in total. The van der Waals surface area contributed by atoms with Crippen LogP contribution in [0.4, 0.5) is 0 Å². The van der Waals surface area contributed by atoms with Gasteiger partial charge in [-0.15, -0.1) is 0 Å². The third-order valence-corrected chi connectivity index (χ3v) is 5.10. The first-order chi connectivity index (χ1) is 11.2. The van der Waals surface area contributed by atoms with Crippen molar-refractivity contribution in [3.63, 3.8) is 0 Å². The van der Waals surface area contributed by atoms with E-state index in [-0.39, 0.29) is 5.97 Å². The fourth-order valence-electron chi connectivity index (χ4n) is 4.12. The predicted molar refractivity (Wildman–Crippen MR) is 90.5 cm³/mol. The van der Waals surface area contributed by atoms with E-state index in [4.69, 9.17) is 4.74 Å². The van der Waals surface area contributed by atoms with E-state index in [2.05, 4.69) is 24.3 Å². The highest BCUT2D eigenvalue weighted by molar-refractivity contribution is 6.08. The summed E-state index contributed by atoms with van der Waals surface area (Å²) in [5.41, 5.74) is 3.34. The number of ether oxygens (including phenoxy) is 1. The van der Waals surface area contributed by atoms with Crippen LogP contribution in [0.3, 0.4) is 0 Å². The first-order valence-corrected chi connectivity index (χ1v) is 7.76. The van der Waals surface area contributed by atoms with Crippen molar-refractivity contribution in [1.82, 2.24) is 0 Å². The Balaban J connectivity index is 1.97. The molecule has 0 bridgehead atoms. The van der Waals surface area contributed by atoms with Gasteiger partial charge in [0.1, 0.15) is 11.2 Å². The quantitative estimate of drug-likeness (QED) is 0.452. The fourth-order valence-corrected chi connectivity index (χ4v) is 4.12. The zero-order valence-corrected chi connectivity index (χ0v) is 12.7. The summed E-state index contributed by atoms with van der Waals surface area (Å²) < 4.78 is 5.70. The number of rotatable bonds is 0. The highest BCUT2D eigenvalue weighted by Gasteiger charge is 2.55. The highest BCUT2D eigenvalue weighted by Crippen LogP contribution is 2.55. The molecule has 0 amide bonds. The summed E-state index contributed by atoms with van der Waals surface area (Å²) >= 11 is 0. The average Bonchev–Trinajstić information content (AvgIpc) is 3.04. The van der Waals surface area contributed by atoms with Crippen LogP contribution < -0.4 is 4.74 Å². The summed E-state index contributed by atoms with van der Waals surface area (Å²) in [6.07, 6.45) is 2.10. The molecule has 1 atom stereocenters. The molecular formula is C21H14O2. The van der Waals surface area contributed by atoms with Crippen LogP contribution in [0.2, 0.25) is 0 Å². The smallest absolute Gasteiger partial charge is 0.330 e. The molecule has 0 saturated heterocycles. The van der Waals surface area contributed by atoms with Gasteiger partial charge in [-0.2, -0.15) is 0 Å². The van der Waals surface area contributed by atoms with Crippen LogP contribution in [0.1, 0.15) is 23.6 Å². The summed E-state index contributed by atoms with van der Waals surface area (Å²) in [6, 6.07) is 20.2. The lowest BCUT2D eigenvalue weighted by atomic mass is 9.71. The zero-order valence-electron chi connectivity index (χ0n) is 12.7. The average molecular weight is 298 g/mol. The number of hydrogen-bond acceptors (Lipinski definition) is 2. The summed E-state index contributed by atoms with van der Waals surface area (Å²) in [5.74, 6) is 0.487. The van der Waals surface area contributed by atoms with Crippen molar-refractivity contribution in [1.29, 1.82) is 0 Å². The fraction of sp³-hybridized carbons (Fsp3) is 0.0952. The molecular weight excluding hydrogens is 284 g/mol. The Bertz CT molecular complexity index is 1030. The Kier molecular flexibility index (Phi) is 2.26. The Hall–Kier alpha value is -2.87. The molecule has 3 aromatic carbocycles. The van der Waals surface area contributed by atoms with Crippen LogP contribution in [0.5, 0.6) is 5.75 Å². The molecule has 5 rings (SSSR count). The molecule has 0 N–H and O–H groups in total. The molecule has 0 aromatic heterocycles. The van der Waals surface area contributed by atoms with Crippen molar-refractivity contribution in [3.05, 3.63) is 82.9 Å². The molecule has 0 radical (unpaired) electrons. The molecule has 1 heterocycles. The molecule has 1 aliphatic carbocycles. The van der Waals surface area contributed by atoms with Crippen molar-refractivity contribution in [3.8, 4) is 5.75 Å². The SMILES string of the molecule is CC1=Cc2ccccc2C12C(=O)Oc1ccc3ccccc3c12. The van der Waals surface area contributed by atoms with Crippen LogP contribution in [-0.4, -0.2) is 5.97 Å². The molecule has 0 fully saturated rings. The van der Waals surface area contributed by atoms with Gasteiger partial charge in [-0.1, -0.05) is 60.7 Å². The normalized spacial score (nSPS) is 21.3. The van der Waals surface area contributed by atoms with Crippen molar-refractivity contribution in [2.24, 2.45) is 0 Å². The van der Waals surface area contributed by atoms with Gasteiger partial charge >= 0.3 is 5.97 Å². The van der Waals surface area contributed by atoms with Gasteiger partial charge in [0, 0.05) is 5.56 Å². The third-order valence-electron chi connectivity index (χ3n) is 5.10. The van der Waals surface area contributed by atoms with Gasteiger partial charge in [0.25, 0.3) is 0 Å². The number of esters is 1. The largest absolute Gasteiger partial charge is 0.425 e. The molecule has 23 heavy (non-hydrogen) atoms. The Morgan fingerprint density at radius 3 is 2.61 bits per heavy atom. The lowest BCUT2D eigenvalue weighted by molar-refractivity contribution is -0.135. The van der Waals surface area contributed by atoms with Crippen molar-refractivity contribution < 1.29 is 9.53 Å². The standard InChI is InChI=1S/C21H14O2/c1-13-12-15-7-3-5-9-17(15)21(13)19-16-8-4-2-6-14(16)10-11-18(19)23-20(21)22/h2-12H,1H3. The summed E-state index contributed by atoms with van der Waals surface area (Å²) in [6.45, 7) is 2.03. The molecule has 1 unspecified atom stereocenters. The van der Waals surface area contributed by atoms with E-state index in [0.717, 1.165) is 33.0 Å². The first kappa shape index (κ1) is 12.7. The van der Waals surface area contributed by atoms with Crippen molar-refractivity contribution >= 4 is 22.8 Å². The van der Waals surface area contributed by atoms with E-state index in [1.54, 1.807) is 0 Å². The van der Waals surface area contributed by atoms with Crippen LogP contribution in [0, 0.1) is 0 Å². The number of carbonyl (C=O) groups excluding carboxylic acids is 1. The maximum Gasteiger partial charge on any atom is 0.330 e. The minimum Gasteiger partial charge on any atom is -0.425 e. The molecule has 2 aliphatic rings. The predicted octanol–water partition coefficient (Wildman–Crippen LogP) is 4.46. The molecule has 3 aromatic rings. The highest BCUT2D eigenvalue weighted by atomic mass is 16.5. The lowest BCUT2D eigenvalue weighted by Gasteiger charge is -2.25. The van der Waals surface area contributed by atoms with Crippen molar-refractivity contribution in [2.75, 3.05) is 0 Å². The number of carbonyl (C=O) groups is 1. The monoisotopic (exact) mass is 298 g/mol. The topological polar surface area (TPSA) is 26.3 Å². The van der Waals surface area contributed by atoms with Crippen LogP contribution in [-0.2, 0) is 10.2 Å². The summed E-state index contributed by atoms with van der Waals surface area (Å²) in [4.78, 5) is 13.0. The van der Waals surface area contributed by atoms with Gasteiger partial charge in [-0.05, 0) is 40.5 Å². The van der Waals surface area contributed by atoms with E-state index >= 15 is 0 Å². The summed E-state index contributed by atoms with van der Waals surface area (Å²) in [5, 5.41) is 2.21. The minimum atomic E-state index is -0.799. The zero-order chi connectivity index (χ0) is 15.6. The number of fused-ring (bicyclic) bond motifs is 6. The Morgan fingerprint density at radius 1 is 0.913 bits per heavy atom. The summed E-state index contributed by atoms with van der Waals surface area (Å²) in [7, 11) is 0. The van der Waals surface area contributed by atoms with Crippen LogP contribution in [0.25, 0.3) is 16.8 Å². The number of benzene rings is 3. The first-order valence-electron chi connectivity index (χ1n) is 7.76. The van der Waals surface area contributed by atoms with Gasteiger partial charge in [-0.25, -0.2) is 4.79 Å². The Morgan fingerprint density at radius 2 is 1.70 bits per heavy atom. The van der Waals surface area contributed by atoms with E-state index < -0.39 is 5.41 Å². The third kappa shape index (κ3) is 1.36. The van der Waals surface area contributed by atoms with Crippen LogP contribution in [0.15, 0.2) is 66.2 Å². The van der Waals surface area contributed by atoms with E-state index in [0.29, 0.717) is 5.75 Å². The molecule has 0 saturated carbocycles. The molecule has 1 aliphatic heterocycles. The Labute approximate surface area is 134 Å². The molecule has 1 spiro atoms. The van der Waals surface area contributed by atoms with Crippen LogP contribution >= 0.6 is 0 Å². The second-order valence-electron chi connectivity index (χ2n) is 6.21. The van der Waals surface area contributed by atoms with E-state index in [9.17, 15) is 4.79 Å². The molecule has 2 heteroatoms. The lowest BCUT2D eigenvalue weighted by Crippen LogP contribution is -2.34. The van der Waals surface area contributed by atoms with Gasteiger partial charge in [0.05, 0.1) is 0 Å². The maximum atomic E-state index is 13.0. The van der Waals surface area contributed by atoms with Crippen molar-refractivity contribution in [2.45, 2.75) is 12.3 Å². The molecule has 110 valence electrons. The van der Waals surface area contributed by atoms with Gasteiger partial charge < -0.3 is 4.74 Å².